The van der Waals surface area contributed by atoms with Crippen LogP contribution in [0.15, 0.2) is 46.4 Å². The van der Waals surface area contributed by atoms with Gasteiger partial charge in [0, 0.05) is 11.0 Å². The lowest BCUT2D eigenvalue weighted by molar-refractivity contribution is -0.144. The van der Waals surface area contributed by atoms with Crippen molar-refractivity contribution >= 4 is 29.3 Å². The summed E-state index contributed by atoms with van der Waals surface area (Å²) >= 11 is 1.56. The first-order valence-corrected chi connectivity index (χ1v) is 7.24. The molecule has 0 radical (unpaired) electrons. The monoisotopic (exact) mass is 305 g/mol. The van der Waals surface area contributed by atoms with Gasteiger partial charge in [-0.1, -0.05) is 6.07 Å². The molecule has 2 aromatic rings. The first kappa shape index (κ1) is 15.1. The van der Waals surface area contributed by atoms with E-state index >= 15 is 0 Å². The van der Waals surface area contributed by atoms with Crippen molar-refractivity contribution in [2.45, 2.75) is 13.0 Å². The normalized spacial score (nSPS) is 12.2. The van der Waals surface area contributed by atoms with Gasteiger partial charge in [0.2, 0.25) is 0 Å². The maximum Gasteiger partial charge on any atom is 0.331 e. The Bertz CT molecular complexity index is 602. The smallest absolute Gasteiger partial charge is 0.331 e. The van der Waals surface area contributed by atoms with Crippen LogP contribution in [0, 0.1) is 0 Å². The Kier molecular flexibility index (Phi) is 5.34. The molecule has 0 spiro atoms. The fraction of sp³-hybridized carbons (Fsp3) is 0.200. The maximum absolute atomic E-state index is 11.7. The van der Waals surface area contributed by atoms with E-state index in [-0.39, 0.29) is 18.6 Å². The van der Waals surface area contributed by atoms with Crippen molar-refractivity contribution < 1.29 is 18.7 Å². The van der Waals surface area contributed by atoms with Gasteiger partial charge in [-0.25, -0.2) is 4.79 Å². The average molecular weight is 305 g/mol. The highest BCUT2D eigenvalue weighted by Gasteiger charge is 2.11. The van der Waals surface area contributed by atoms with E-state index in [4.69, 9.17) is 9.15 Å². The van der Waals surface area contributed by atoms with E-state index in [2.05, 4.69) is 5.32 Å². The van der Waals surface area contributed by atoms with E-state index in [0.29, 0.717) is 5.76 Å². The molecular weight excluding hydrogens is 290 g/mol. The van der Waals surface area contributed by atoms with Gasteiger partial charge in [-0.2, -0.15) is 0 Å². The SMILES string of the molecule is C[C@H](NC(=O)COC(=O)/C=C/c1ccco1)c1cccs1. The van der Waals surface area contributed by atoms with Crippen LogP contribution < -0.4 is 5.32 Å². The van der Waals surface area contributed by atoms with Crippen molar-refractivity contribution in [2.75, 3.05) is 6.61 Å². The van der Waals surface area contributed by atoms with Gasteiger partial charge in [0.1, 0.15) is 5.76 Å². The number of rotatable bonds is 6. The Labute approximate surface area is 126 Å². The molecule has 110 valence electrons. The molecule has 5 nitrogen and oxygen atoms in total. The summed E-state index contributed by atoms with van der Waals surface area (Å²) in [7, 11) is 0. The fourth-order valence-electron chi connectivity index (χ4n) is 1.61. The average Bonchev–Trinajstić information content (AvgIpc) is 3.15. The Morgan fingerprint density at radius 1 is 1.43 bits per heavy atom. The van der Waals surface area contributed by atoms with Gasteiger partial charge in [0.15, 0.2) is 6.61 Å². The van der Waals surface area contributed by atoms with Crippen molar-refractivity contribution in [1.82, 2.24) is 5.32 Å². The van der Waals surface area contributed by atoms with Crippen molar-refractivity contribution in [2.24, 2.45) is 0 Å². The van der Waals surface area contributed by atoms with Crippen LogP contribution in [0.3, 0.4) is 0 Å². The molecule has 0 aromatic carbocycles. The largest absolute Gasteiger partial charge is 0.465 e. The Hall–Kier alpha value is -2.34. The van der Waals surface area contributed by atoms with Gasteiger partial charge < -0.3 is 14.5 Å². The quantitative estimate of drug-likeness (QED) is 0.658. The zero-order valence-electron chi connectivity index (χ0n) is 11.4. The zero-order valence-corrected chi connectivity index (χ0v) is 12.3. The van der Waals surface area contributed by atoms with E-state index in [1.165, 1.54) is 18.4 Å². The second kappa shape index (κ2) is 7.44. The van der Waals surface area contributed by atoms with Crippen LogP contribution >= 0.6 is 11.3 Å². The summed E-state index contributed by atoms with van der Waals surface area (Å²) in [6.45, 7) is 1.57. The number of ether oxygens (including phenoxy) is 1. The summed E-state index contributed by atoms with van der Waals surface area (Å²) in [6, 6.07) is 7.18. The highest BCUT2D eigenvalue weighted by atomic mass is 32.1. The molecule has 2 heterocycles. The lowest BCUT2D eigenvalue weighted by Crippen LogP contribution is -2.30. The highest BCUT2D eigenvalue weighted by Crippen LogP contribution is 2.17. The molecule has 0 bridgehead atoms. The molecule has 1 N–H and O–H groups in total. The number of carbonyl (C=O) groups excluding carboxylic acids is 2. The first-order chi connectivity index (χ1) is 10.1. The van der Waals surface area contributed by atoms with Gasteiger partial charge in [0.05, 0.1) is 12.3 Å². The number of carbonyl (C=O) groups is 2. The van der Waals surface area contributed by atoms with Gasteiger partial charge in [-0.15, -0.1) is 11.3 Å². The standard InChI is InChI=1S/C15H15NO4S/c1-11(13-5-3-9-21-13)16-14(17)10-20-15(18)7-6-12-4-2-8-19-12/h2-9,11H,10H2,1H3,(H,16,17)/b7-6+/t11-/m0/s1. The van der Waals surface area contributed by atoms with Gasteiger partial charge in [-0.3, -0.25) is 4.79 Å². The van der Waals surface area contributed by atoms with Crippen LogP contribution in [-0.4, -0.2) is 18.5 Å². The Balaban J connectivity index is 1.72. The number of hydrogen-bond acceptors (Lipinski definition) is 5. The molecule has 21 heavy (non-hydrogen) atoms. The molecule has 0 aliphatic heterocycles. The van der Waals surface area contributed by atoms with Crippen molar-refractivity contribution in [3.8, 4) is 0 Å². The fourth-order valence-corrected chi connectivity index (χ4v) is 2.35. The molecular formula is C15H15NO4S. The third-order valence-corrected chi connectivity index (χ3v) is 3.67. The summed E-state index contributed by atoms with van der Waals surface area (Å²) in [5, 5.41) is 4.70. The lowest BCUT2D eigenvalue weighted by Gasteiger charge is -2.11. The minimum atomic E-state index is -0.592. The van der Waals surface area contributed by atoms with Gasteiger partial charge in [0.25, 0.3) is 5.91 Å². The van der Waals surface area contributed by atoms with Gasteiger partial charge in [-0.05, 0) is 36.6 Å². The predicted molar refractivity (Wildman–Crippen MR) is 79.6 cm³/mol. The van der Waals surface area contributed by atoms with Crippen LogP contribution in [0.2, 0.25) is 0 Å². The molecule has 2 aromatic heterocycles. The van der Waals surface area contributed by atoms with Crippen LogP contribution in [0.1, 0.15) is 23.6 Å². The van der Waals surface area contributed by atoms with E-state index in [1.807, 2.05) is 24.4 Å². The predicted octanol–water partition coefficient (Wildman–Crippen LogP) is 2.77. The van der Waals surface area contributed by atoms with Crippen molar-refractivity contribution in [3.05, 3.63) is 52.6 Å². The number of hydrogen-bond donors (Lipinski definition) is 1. The molecule has 0 aliphatic rings. The summed E-state index contributed by atoms with van der Waals surface area (Å²) in [5.74, 6) is -0.385. The third kappa shape index (κ3) is 4.92. The van der Waals surface area contributed by atoms with Crippen LogP contribution in [0.25, 0.3) is 6.08 Å². The van der Waals surface area contributed by atoms with Crippen LogP contribution in [0.4, 0.5) is 0 Å². The van der Waals surface area contributed by atoms with Crippen molar-refractivity contribution in [1.29, 1.82) is 0 Å². The zero-order chi connectivity index (χ0) is 15.1. The molecule has 1 amide bonds. The summed E-state index contributed by atoms with van der Waals surface area (Å²) in [5.41, 5.74) is 0. The minimum Gasteiger partial charge on any atom is -0.465 e. The van der Waals surface area contributed by atoms with E-state index in [0.717, 1.165) is 4.88 Å². The van der Waals surface area contributed by atoms with Crippen molar-refractivity contribution in [3.63, 3.8) is 0 Å². The Morgan fingerprint density at radius 3 is 2.95 bits per heavy atom. The highest BCUT2D eigenvalue weighted by molar-refractivity contribution is 7.10. The number of esters is 1. The second-order valence-electron chi connectivity index (χ2n) is 4.26. The molecule has 0 fully saturated rings. The molecule has 6 heteroatoms. The Morgan fingerprint density at radius 2 is 2.29 bits per heavy atom. The van der Waals surface area contributed by atoms with Crippen LogP contribution in [0.5, 0.6) is 0 Å². The third-order valence-electron chi connectivity index (χ3n) is 2.62. The molecule has 0 unspecified atom stereocenters. The summed E-state index contributed by atoms with van der Waals surface area (Å²) < 4.78 is 9.88. The molecule has 1 atom stereocenters. The maximum atomic E-state index is 11.7. The van der Waals surface area contributed by atoms with E-state index in [1.54, 1.807) is 23.5 Å². The van der Waals surface area contributed by atoms with Crippen LogP contribution in [-0.2, 0) is 14.3 Å². The molecule has 2 rings (SSSR count). The minimum absolute atomic E-state index is 0.102. The number of nitrogens with one attached hydrogen (secondary N) is 1. The molecule has 0 aliphatic carbocycles. The van der Waals surface area contributed by atoms with E-state index < -0.39 is 5.97 Å². The first-order valence-electron chi connectivity index (χ1n) is 6.36. The number of amides is 1. The molecule has 0 saturated heterocycles. The van der Waals surface area contributed by atoms with Gasteiger partial charge >= 0.3 is 5.97 Å². The summed E-state index contributed by atoms with van der Waals surface area (Å²) in [4.78, 5) is 24.1. The second-order valence-corrected chi connectivity index (χ2v) is 5.24. The number of furan rings is 1. The topological polar surface area (TPSA) is 68.5 Å². The molecule has 0 saturated carbocycles. The summed E-state index contributed by atoms with van der Waals surface area (Å²) in [6.07, 6.45) is 4.20. The number of thiophene rings is 1. The lowest BCUT2D eigenvalue weighted by atomic mass is 10.3. The van der Waals surface area contributed by atoms with E-state index in [9.17, 15) is 9.59 Å².